The molecule has 20 heavy (non-hydrogen) atoms. The molecule has 2 aromatic rings. The van der Waals surface area contributed by atoms with E-state index in [4.69, 9.17) is 16.3 Å². The van der Waals surface area contributed by atoms with E-state index in [1.54, 1.807) is 11.2 Å². The zero-order valence-electron chi connectivity index (χ0n) is 11.6. The maximum atomic E-state index is 5.86. The first-order valence-corrected chi connectivity index (χ1v) is 6.70. The van der Waals surface area contributed by atoms with E-state index in [0.717, 1.165) is 21.9 Å². The largest absolute Gasteiger partial charge is 0.488 e. The van der Waals surface area contributed by atoms with Crippen molar-refractivity contribution in [3.05, 3.63) is 64.7 Å². The Morgan fingerprint density at radius 3 is 2.50 bits per heavy atom. The number of rotatable bonds is 5. The van der Waals surface area contributed by atoms with Crippen LogP contribution in [0.3, 0.4) is 0 Å². The number of benzene rings is 2. The quantitative estimate of drug-likeness (QED) is 0.617. The maximum absolute atomic E-state index is 5.86. The molecule has 2 aromatic carbocycles. The van der Waals surface area contributed by atoms with E-state index >= 15 is 0 Å². The molecule has 0 heterocycles. The Labute approximate surface area is 124 Å². The van der Waals surface area contributed by atoms with Crippen molar-refractivity contribution in [1.29, 1.82) is 0 Å². The van der Waals surface area contributed by atoms with E-state index in [-0.39, 0.29) is 0 Å². The first-order valence-electron chi connectivity index (χ1n) is 6.33. The van der Waals surface area contributed by atoms with E-state index in [9.17, 15) is 0 Å². The molecule has 2 rings (SSSR count). The fourth-order valence-corrected chi connectivity index (χ4v) is 1.76. The van der Waals surface area contributed by atoms with Crippen LogP contribution in [0.5, 0.6) is 5.75 Å². The molecule has 0 amide bonds. The average molecular weight is 289 g/mol. The predicted octanol–water partition coefficient (Wildman–Crippen LogP) is 3.81. The highest BCUT2D eigenvalue weighted by atomic mass is 35.5. The van der Waals surface area contributed by atoms with Gasteiger partial charge in [-0.3, -0.25) is 0 Å². The monoisotopic (exact) mass is 288 g/mol. The highest BCUT2D eigenvalue weighted by Crippen LogP contribution is 2.18. The molecule has 3 nitrogen and oxygen atoms in total. The minimum absolute atomic E-state index is 0.504. The zero-order valence-corrected chi connectivity index (χ0v) is 12.3. The summed E-state index contributed by atoms with van der Waals surface area (Å²) in [5, 5.41) is 6.71. The van der Waals surface area contributed by atoms with Gasteiger partial charge in [0.25, 0.3) is 0 Å². The zero-order chi connectivity index (χ0) is 14.4. The molecule has 0 N–H and O–H groups in total. The Morgan fingerprint density at radius 1 is 1.10 bits per heavy atom. The second-order valence-electron chi connectivity index (χ2n) is 4.54. The normalized spacial score (nSPS) is 10.8. The van der Waals surface area contributed by atoms with Crippen molar-refractivity contribution in [3.63, 3.8) is 0 Å². The lowest BCUT2D eigenvalue weighted by Gasteiger charge is -2.10. The lowest BCUT2D eigenvalue weighted by Crippen LogP contribution is -2.03. The fourth-order valence-electron chi connectivity index (χ4n) is 1.64. The van der Waals surface area contributed by atoms with Crippen LogP contribution in [0.2, 0.25) is 5.02 Å². The standard InChI is InChI=1S/C16H17ClN2O/c1-19(2)18-11-14-5-3-4-6-16(14)20-12-13-7-9-15(17)10-8-13/h3-11H,12H2,1-2H3/b18-11+. The van der Waals surface area contributed by atoms with Gasteiger partial charge < -0.3 is 9.75 Å². The summed E-state index contributed by atoms with van der Waals surface area (Å²) < 4.78 is 5.84. The van der Waals surface area contributed by atoms with E-state index in [0.29, 0.717) is 6.61 Å². The van der Waals surface area contributed by atoms with Crippen LogP contribution < -0.4 is 4.74 Å². The van der Waals surface area contributed by atoms with Gasteiger partial charge in [-0.15, -0.1) is 0 Å². The van der Waals surface area contributed by atoms with Gasteiger partial charge in [-0.2, -0.15) is 5.10 Å². The highest BCUT2D eigenvalue weighted by molar-refractivity contribution is 6.30. The molecule has 0 aliphatic rings. The summed E-state index contributed by atoms with van der Waals surface area (Å²) in [5.74, 6) is 0.813. The molecule has 4 heteroatoms. The molecular weight excluding hydrogens is 272 g/mol. The highest BCUT2D eigenvalue weighted by Gasteiger charge is 2.01. The third-order valence-corrected chi connectivity index (χ3v) is 2.91. The lowest BCUT2D eigenvalue weighted by molar-refractivity contribution is 0.305. The van der Waals surface area contributed by atoms with Gasteiger partial charge in [-0.05, 0) is 29.8 Å². The van der Waals surface area contributed by atoms with Crippen LogP contribution in [0, 0.1) is 0 Å². The smallest absolute Gasteiger partial charge is 0.128 e. The third kappa shape index (κ3) is 4.28. The molecular formula is C16H17ClN2O. The number of ether oxygens (including phenoxy) is 1. The van der Waals surface area contributed by atoms with Crippen LogP contribution in [-0.2, 0) is 6.61 Å². The van der Waals surface area contributed by atoms with Crippen molar-refractivity contribution in [2.45, 2.75) is 6.61 Å². The van der Waals surface area contributed by atoms with Crippen molar-refractivity contribution in [2.75, 3.05) is 14.1 Å². The average Bonchev–Trinajstić information content (AvgIpc) is 2.45. The summed E-state index contributed by atoms with van der Waals surface area (Å²) in [6, 6.07) is 15.5. The first-order chi connectivity index (χ1) is 9.65. The minimum atomic E-state index is 0.504. The van der Waals surface area contributed by atoms with E-state index in [2.05, 4.69) is 5.10 Å². The van der Waals surface area contributed by atoms with Crippen molar-refractivity contribution in [2.24, 2.45) is 5.10 Å². The van der Waals surface area contributed by atoms with Crippen LogP contribution >= 0.6 is 11.6 Å². The Hall–Kier alpha value is -2.00. The molecule has 0 saturated heterocycles. The number of para-hydroxylation sites is 1. The van der Waals surface area contributed by atoms with Gasteiger partial charge >= 0.3 is 0 Å². The second-order valence-corrected chi connectivity index (χ2v) is 4.98. The number of nitrogens with zero attached hydrogens (tertiary/aromatic N) is 2. The van der Waals surface area contributed by atoms with Gasteiger partial charge in [-0.1, -0.05) is 35.9 Å². The second kappa shape index (κ2) is 6.96. The number of hydrogen-bond donors (Lipinski definition) is 0. The third-order valence-electron chi connectivity index (χ3n) is 2.65. The first kappa shape index (κ1) is 14.4. The van der Waals surface area contributed by atoms with Crippen molar-refractivity contribution < 1.29 is 4.74 Å². The van der Waals surface area contributed by atoms with Crippen LogP contribution in [0.25, 0.3) is 0 Å². The van der Waals surface area contributed by atoms with Gasteiger partial charge in [0.1, 0.15) is 12.4 Å². The van der Waals surface area contributed by atoms with Gasteiger partial charge in [0.2, 0.25) is 0 Å². The molecule has 0 unspecified atom stereocenters. The van der Waals surface area contributed by atoms with Crippen molar-refractivity contribution in [1.82, 2.24) is 5.01 Å². The Balaban J connectivity index is 2.07. The molecule has 0 spiro atoms. The molecule has 0 atom stereocenters. The molecule has 0 saturated carbocycles. The van der Waals surface area contributed by atoms with Gasteiger partial charge in [-0.25, -0.2) is 0 Å². The Kier molecular flexibility index (Phi) is 5.02. The maximum Gasteiger partial charge on any atom is 0.128 e. The Morgan fingerprint density at radius 2 is 1.80 bits per heavy atom. The van der Waals surface area contributed by atoms with Gasteiger partial charge in [0.05, 0.1) is 6.21 Å². The summed E-state index contributed by atoms with van der Waals surface area (Å²) in [7, 11) is 3.77. The molecule has 0 aromatic heterocycles. The number of hydrogen-bond acceptors (Lipinski definition) is 3. The van der Waals surface area contributed by atoms with Crippen LogP contribution in [-0.4, -0.2) is 25.3 Å². The molecule has 0 fully saturated rings. The molecule has 0 aliphatic carbocycles. The van der Waals surface area contributed by atoms with E-state index in [1.807, 2.05) is 62.6 Å². The summed E-state index contributed by atoms with van der Waals surface area (Å²) in [6.07, 6.45) is 1.79. The van der Waals surface area contributed by atoms with Crippen LogP contribution in [0.15, 0.2) is 53.6 Å². The SMILES string of the molecule is CN(C)/N=C/c1ccccc1OCc1ccc(Cl)cc1. The topological polar surface area (TPSA) is 24.8 Å². The predicted molar refractivity (Wildman–Crippen MR) is 83.5 cm³/mol. The van der Waals surface area contributed by atoms with Crippen molar-refractivity contribution in [3.8, 4) is 5.75 Å². The molecule has 0 radical (unpaired) electrons. The number of hydrazone groups is 1. The van der Waals surface area contributed by atoms with E-state index in [1.165, 1.54) is 0 Å². The Bertz CT molecular complexity index is 579. The van der Waals surface area contributed by atoms with Crippen LogP contribution in [0.1, 0.15) is 11.1 Å². The molecule has 0 aliphatic heterocycles. The molecule has 0 bridgehead atoms. The van der Waals surface area contributed by atoms with Crippen LogP contribution in [0.4, 0.5) is 0 Å². The molecule has 104 valence electrons. The summed E-state index contributed by atoms with van der Waals surface area (Å²) in [4.78, 5) is 0. The fraction of sp³-hybridized carbons (Fsp3) is 0.188. The summed E-state index contributed by atoms with van der Waals surface area (Å²) in [5.41, 5.74) is 2.03. The van der Waals surface area contributed by atoms with Crippen molar-refractivity contribution >= 4 is 17.8 Å². The number of halogens is 1. The van der Waals surface area contributed by atoms with Gasteiger partial charge in [0, 0.05) is 24.7 Å². The van der Waals surface area contributed by atoms with E-state index < -0.39 is 0 Å². The lowest BCUT2D eigenvalue weighted by atomic mass is 10.2. The minimum Gasteiger partial charge on any atom is -0.488 e. The summed E-state index contributed by atoms with van der Waals surface area (Å²) >= 11 is 5.86. The van der Waals surface area contributed by atoms with Gasteiger partial charge in [0.15, 0.2) is 0 Å². The summed E-state index contributed by atoms with van der Waals surface area (Å²) in [6.45, 7) is 0.504.